The van der Waals surface area contributed by atoms with Gasteiger partial charge in [0.1, 0.15) is 10.6 Å². The lowest BCUT2D eigenvalue weighted by Gasteiger charge is -2.17. The highest BCUT2D eigenvalue weighted by Crippen LogP contribution is 2.23. The van der Waals surface area contributed by atoms with Gasteiger partial charge in [0, 0.05) is 17.8 Å². The maximum atomic E-state index is 12.1. The maximum Gasteiger partial charge on any atom is 0.352 e. The van der Waals surface area contributed by atoms with Crippen LogP contribution in [0.5, 0.6) is 0 Å². The standard InChI is InChI=1S/C11H18N2O5S/c1-6-8(10(14)15)13-7(2)9(6)19(17,18)12-5-11(3,4)16/h12-13,16H,5H2,1-4H3,(H,14,15). The first-order valence-corrected chi connectivity index (χ1v) is 7.08. The van der Waals surface area contributed by atoms with E-state index in [4.69, 9.17) is 5.11 Å². The Hall–Kier alpha value is -1.38. The Bertz CT molecular complexity index is 595. The number of rotatable bonds is 5. The number of sulfonamides is 1. The fourth-order valence-corrected chi connectivity index (χ4v) is 3.34. The van der Waals surface area contributed by atoms with Gasteiger partial charge in [0.05, 0.1) is 5.60 Å². The van der Waals surface area contributed by atoms with Gasteiger partial charge in [-0.3, -0.25) is 0 Å². The summed E-state index contributed by atoms with van der Waals surface area (Å²) in [4.78, 5) is 13.4. The Balaban J connectivity index is 3.19. The molecule has 1 aromatic rings. The average molecular weight is 290 g/mol. The summed E-state index contributed by atoms with van der Waals surface area (Å²) in [6.07, 6.45) is 0. The maximum absolute atomic E-state index is 12.1. The predicted molar refractivity (Wildman–Crippen MR) is 68.7 cm³/mol. The number of carboxylic acids is 1. The van der Waals surface area contributed by atoms with Crippen LogP contribution in [0, 0.1) is 13.8 Å². The second-order valence-electron chi connectivity index (χ2n) is 5.02. The number of hydrogen-bond acceptors (Lipinski definition) is 4. The van der Waals surface area contributed by atoms with Crippen LogP contribution < -0.4 is 4.72 Å². The average Bonchev–Trinajstić information content (AvgIpc) is 2.51. The minimum Gasteiger partial charge on any atom is -0.477 e. The summed E-state index contributed by atoms with van der Waals surface area (Å²) in [5, 5.41) is 18.5. The summed E-state index contributed by atoms with van der Waals surface area (Å²) >= 11 is 0. The number of hydrogen-bond donors (Lipinski definition) is 4. The molecule has 7 nitrogen and oxygen atoms in total. The zero-order valence-corrected chi connectivity index (χ0v) is 12.1. The van der Waals surface area contributed by atoms with Gasteiger partial charge < -0.3 is 15.2 Å². The first-order chi connectivity index (χ1) is 8.46. The Kier molecular flexibility index (Phi) is 4.08. The predicted octanol–water partition coefficient (Wildman–Crippen LogP) is 0.379. The van der Waals surface area contributed by atoms with E-state index in [0.717, 1.165) is 0 Å². The summed E-state index contributed by atoms with van der Waals surface area (Å²) in [5.74, 6) is -1.22. The van der Waals surface area contributed by atoms with Crippen molar-refractivity contribution in [3.05, 3.63) is 17.0 Å². The molecule has 0 aliphatic rings. The lowest BCUT2D eigenvalue weighted by molar-refractivity contribution is 0.0690. The van der Waals surface area contributed by atoms with Crippen molar-refractivity contribution in [3.63, 3.8) is 0 Å². The quantitative estimate of drug-likeness (QED) is 0.625. The van der Waals surface area contributed by atoms with Gasteiger partial charge in [-0.1, -0.05) is 0 Å². The number of aromatic nitrogens is 1. The Morgan fingerprint density at radius 2 is 1.89 bits per heavy atom. The topological polar surface area (TPSA) is 119 Å². The summed E-state index contributed by atoms with van der Waals surface area (Å²) < 4.78 is 26.5. The van der Waals surface area contributed by atoms with E-state index in [1.165, 1.54) is 27.7 Å². The van der Waals surface area contributed by atoms with E-state index in [1.807, 2.05) is 0 Å². The van der Waals surface area contributed by atoms with E-state index in [0.29, 0.717) is 0 Å². The molecule has 19 heavy (non-hydrogen) atoms. The molecule has 4 N–H and O–H groups in total. The highest BCUT2D eigenvalue weighted by Gasteiger charge is 2.27. The van der Waals surface area contributed by atoms with Crippen LogP contribution >= 0.6 is 0 Å². The highest BCUT2D eigenvalue weighted by molar-refractivity contribution is 7.89. The second-order valence-corrected chi connectivity index (χ2v) is 6.73. The van der Waals surface area contributed by atoms with Crippen LogP contribution in [0.15, 0.2) is 4.90 Å². The normalized spacial score (nSPS) is 12.7. The van der Waals surface area contributed by atoms with E-state index < -0.39 is 21.6 Å². The Morgan fingerprint density at radius 1 is 1.37 bits per heavy atom. The van der Waals surface area contributed by atoms with Crippen molar-refractivity contribution in [2.24, 2.45) is 0 Å². The second kappa shape index (κ2) is 4.95. The van der Waals surface area contributed by atoms with Gasteiger partial charge in [-0.25, -0.2) is 17.9 Å². The molecule has 0 radical (unpaired) electrons. The Morgan fingerprint density at radius 3 is 2.26 bits per heavy atom. The molecule has 0 saturated heterocycles. The summed E-state index contributed by atoms with van der Waals surface area (Å²) in [5.41, 5.74) is -0.951. The molecule has 0 spiro atoms. The van der Waals surface area contributed by atoms with E-state index in [1.54, 1.807) is 0 Å². The van der Waals surface area contributed by atoms with Crippen LogP contribution in [-0.2, 0) is 10.0 Å². The number of aromatic carboxylic acids is 1. The molecule has 0 saturated carbocycles. The molecular weight excluding hydrogens is 272 g/mol. The summed E-state index contributed by atoms with van der Waals surface area (Å²) in [6.45, 7) is 5.68. The van der Waals surface area contributed by atoms with Crippen molar-refractivity contribution in [1.82, 2.24) is 9.71 Å². The van der Waals surface area contributed by atoms with Gasteiger partial charge in [0.2, 0.25) is 10.0 Å². The van der Waals surface area contributed by atoms with Crippen molar-refractivity contribution in [2.75, 3.05) is 6.54 Å². The third kappa shape index (κ3) is 3.55. The number of aromatic amines is 1. The molecule has 1 aromatic heterocycles. The number of carbonyl (C=O) groups is 1. The lowest BCUT2D eigenvalue weighted by Crippen LogP contribution is -2.38. The van der Waals surface area contributed by atoms with E-state index in [9.17, 15) is 18.3 Å². The van der Waals surface area contributed by atoms with Gasteiger partial charge in [-0.15, -0.1) is 0 Å². The summed E-state index contributed by atoms with van der Waals surface area (Å²) in [6, 6.07) is 0. The SMILES string of the molecule is Cc1[nH]c(C(=O)O)c(C)c1S(=O)(=O)NCC(C)(C)O. The van der Waals surface area contributed by atoms with Crippen molar-refractivity contribution in [2.45, 2.75) is 38.2 Å². The highest BCUT2D eigenvalue weighted by atomic mass is 32.2. The minimum atomic E-state index is -3.87. The van der Waals surface area contributed by atoms with Crippen molar-refractivity contribution in [1.29, 1.82) is 0 Å². The van der Waals surface area contributed by atoms with Gasteiger partial charge in [-0.2, -0.15) is 0 Å². The molecule has 0 aliphatic heterocycles. The van der Waals surface area contributed by atoms with Crippen molar-refractivity contribution >= 4 is 16.0 Å². The number of H-pyrrole nitrogens is 1. The van der Waals surface area contributed by atoms with E-state index in [2.05, 4.69) is 9.71 Å². The zero-order chi connectivity index (χ0) is 15.0. The van der Waals surface area contributed by atoms with Crippen LogP contribution in [0.2, 0.25) is 0 Å². The number of aryl methyl sites for hydroxylation is 1. The van der Waals surface area contributed by atoms with Crippen LogP contribution in [0.1, 0.15) is 35.6 Å². The lowest BCUT2D eigenvalue weighted by atomic mass is 10.1. The molecule has 0 unspecified atom stereocenters. The monoisotopic (exact) mass is 290 g/mol. The molecule has 1 heterocycles. The third-order valence-corrected chi connectivity index (χ3v) is 4.22. The van der Waals surface area contributed by atoms with Gasteiger partial charge in [0.25, 0.3) is 0 Å². The zero-order valence-electron chi connectivity index (χ0n) is 11.2. The molecule has 0 fully saturated rings. The first-order valence-electron chi connectivity index (χ1n) is 5.60. The van der Waals surface area contributed by atoms with Crippen LogP contribution in [0.4, 0.5) is 0 Å². The molecule has 0 atom stereocenters. The van der Waals surface area contributed by atoms with Crippen LogP contribution in [0.3, 0.4) is 0 Å². The Labute approximate surface area is 111 Å². The molecular formula is C11H18N2O5S. The molecule has 8 heteroatoms. The fourth-order valence-electron chi connectivity index (χ4n) is 1.69. The first kappa shape index (κ1) is 15.7. The van der Waals surface area contributed by atoms with E-state index >= 15 is 0 Å². The molecule has 0 aliphatic carbocycles. The molecule has 0 bridgehead atoms. The number of carboxylic acid groups (broad SMARTS) is 1. The van der Waals surface area contributed by atoms with Gasteiger partial charge in [0.15, 0.2) is 0 Å². The fraction of sp³-hybridized carbons (Fsp3) is 0.545. The molecule has 1 rings (SSSR count). The van der Waals surface area contributed by atoms with Gasteiger partial charge in [-0.05, 0) is 27.7 Å². The smallest absolute Gasteiger partial charge is 0.352 e. The van der Waals surface area contributed by atoms with Crippen LogP contribution in [-0.4, -0.2) is 41.7 Å². The largest absolute Gasteiger partial charge is 0.477 e. The van der Waals surface area contributed by atoms with Crippen molar-refractivity contribution in [3.8, 4) is 0 Å². The third-order valence-electron chi connectivity index (χ3n) is 2.55. The summed E-state index contributed by atoms with van der Waals surface area (Å²) in [7, 11) is -3.87. The van der Waals surface area contributed by atoms with Crippen molar-refractivity contribution < 1.29 is 23.4 Å². The number of nitrogens with one attached hydrogen (secondary N) is 2. The molecule has 0 amide bonds. The molecule has 108 valence electrons. The van der Waals surface area contributed by atoms with Crippen LogP contribution in [0.25, 0.3) is 0 Å². The number of aliphatic hydroxyl groups is 1. The molecule has 0 aromatic carbocycles. The minimum absolute atomic E-state index is 0.0887. The van der Waals surface area contributed by atoms with Gasteiger partial charge >= 0.3 is 5.97 Å². The van der Waals surface area contributed by atoms with E-state index in [-0.39, 0.29) is 28.4 Å².